The summed E-state index contributed by atoms with van der Waals surface area (Å²) in [6, 6.07) is 4.26. The number of aromatic nitrogens is 2. The van der Waals surface area contributed by atoms with E-state index in [1.54, 1.807) is 13.1 Å². The summed E-state index contributed by atoms with van der Waals surface area (Å²) in [4.78, 5) is 8.04. The molecule has 1 aromatic carbocycles. The summed E-state index contributed by atoms with van der Waals surface area (Å²) in [5, 5.41) is 0.404. The Morgan fingerprint density at radius 1 is 1.20 bits per heavy atom. The lowest BCUT2D eigenvalue weighted by molar-refractivity contribution is 0.580. The van der Waals surface area contributed by atoms with Gasteiger partial charge in [-0.05, 0) is 25.1 Å². The summed E-state index contributed by atoms with van der Waals surface area (Å²) in [6.07, 6.45) is 3.08. The Morgan fingerprint density at radius 3 is 2.60 bits per heavy atom. The molecule has 2 aromatic rings. The van der Waals surface area contributed by atoms with Gasteiger partial charge in [-0.1, -0.05) is 23.2 Å². The molecule has 0 atom stereocenters. The fourth-order valence-electron chi connectivity index (χ4n) is 1.44. The van der Waals surface area contributed by atoms with Gasteiger partial charge in [-0.3, -0.25) is 9.97 Å². The Labute approximate surface area is 127 Å². The molecule has 0 aliphatic rings. The van der Waals surface area contributed by atoms with E-state index in [4.69, 9.17) is 23.2 Å². The average molecular weight is 332 g/mol. The predicted octanol–water partition coefficient (Wildman–Crippen LogP) is 2.57. The van der Waals surface area contributed by atoms with Crippen LogP contribution in [-0.4, -0.2) is 18.4 Å². The zero-order valence-electron chi connectivity index (χ0n) is 10.5. The number of nitrogens with zero attached hydrogens (tertiary/aromatic N) is 2. The van der Waals surface area contributed by atoms with E-state index in [2.05, 4.69) is 14.7 Å². The maximum absolute atomic E-state index is 12.1. The molecular weight excluding hydrogens is 321 g/mol. The molecule has 106 valence electrons. The Morgan fingerprint density at radius 2 is 1.95 bits per heavy atom. The fourth-order valence-corrected chi connectivity index (χ4v) is 3.20. The highest BCUT2D eigenvalue weighted by atomic mass is 35.5. The van der Waals surface area contributed by atoms with Crippen molar-refractivity contribution < 1.29 is 8.42 Å². The molecule has 2 rings (SSSR count). The van der Waals surface area contributed by atoms with Gasteiger partial charge in [-0.2, -0.15) is 0 Å². The Bertz CT molecular complexity index is 718. The van der Waals surface area contributed by atoms with Crippen molar-refractivity contribution in [2.75, 3.05) is 0 Å². The van der Waals surface area contributed by atoms with Gasteiger partial charge in [0.2, 0.25) is 10.0 Å². The number of nitrogens with one attached hydrogen (secondary N) is 1. The molecule has 0 amide bonds. The highest BCUT2D eigenvalue weighted by molar-refractivity contribution is 7.89. The molecule has 0 saturated carbocycles. The summed E-state index contributed by atoms with van der Waals surface area (Å²) >= 11 is 11.7. The SMILES string of the molecule is Cc1cnc(CNS(=O)(=O)c2cc(Cl)ccc2Cl)cn1. The molecule has 0 aliphatic heterocycles. The Hall–Kier alpha value is -1.21. The molecule has 0 unspecified atom stereocenters. The molecule has 0 aliphatic carbocycles. The largest absolute Gasteiger partial charge is 0.258 e. The molecule has 1 heterocycles. The molecule has 0 radical (unpaired) electrons. The van der Waals surface area contributed by atoms with E-state index in [0.29, 0.717) is 10.7 Å². The van der Waals surface area contributed by atoms with Gasteiger partial charge in [0.05, 0.1) is 29.2 Å². The zero-order valence-corrected chi connectivity index (χ0v) is 12.8. The van der Waals surface area contributed by atoms with E-state index in [1.165, 1.54) is 24.4 Å². The van der Waals surface area contributed by atoms with Gasteiger partial charge in [0, 0.05) is 11.2 Å². The van der Waals surface area contributed by atoms with Crippen LogP contribution in [0.25, 0.3) is 0 Å². The second kappa shape index (κ2) is 6.05. The van der Waals surface area contributed by atoms with E-state index in [1.807, 2.05) is 0 Å². The maximum Gasteiger partial charge on any atom is 0.242 e. The Balaban J connectivity index is 2.19. The molecule has 20 heavy (non-hydrogen) atoms. The van der Waals surface area contributed by atoms with Crippen LogP contribution >= 0.6 is 23.2 Å². The second-order valence-electron chi connectivity index (χ2n) is 4.05. The first kappa shape index (κ1) is 15.2. The van der Waals surface area contributed by atoms with E-state index in [0.717, 1.165) is 5.69 Å². The second-order valence-corrected chi connectivity index (χ2v) is 6.63. The maximum atomic E-state index is 12.1. The lowest BCUT2D eigenvalue weighted by atomic mass is 10.4. The van der Waals surface area contributed by atoms with Crippen molar-refractivity contribution in [1.82, 2.24) is 14.7 Å². The lowest BCUT2D eigenvalue weighted by Gasteiger charge is -2.08. The minimum absolute atomic E-state index is 0.0262. The van der Waals surface area contributed by atoms with Gasteiger partial charge in [0.25, 0.3) is 0 Å². The number of halogens is 2. The number of sulfonamides is 1. The Kier molecular flexibility index (Phi) is 4.59. The van der Waals surface area contributed by atoms with Crippen molar-refractivity contribution >= 4 is 33.2 Å². The topological polar surface area (TPSA) is 72.0 Å². The fraction of sp³-hybridized carbons (Fsp3) is 0.167. The third-order valence-corrected chi connectivity index (χ3v) is 4.58. The standard InChI is InChI=1S/C12H11Cl2N3O2S/c1-8-5-16-10(6-15-8)7-17-20(18,19)12-4-9(13)2-3-11(12)14/h2-6,17H,7H2,1H3. The van der Waals surface area contributed by atoms with Crippen molar-refractivity contribution in [2.24, 2.45) is 0 Å². The molecule has 0 bridgehead atoms. The molecule has 1 aromatic heterocycles. The van der Waals surface area contributed by atoms with Crippen LogP contribution in [0.4, 0.5) is 0 Å². The quantitative estimate of drug-likeness (QED) is 0.934. The summed E-state index contributed by atoms with van der Waals surface area (Å²) in [5.41, 5.74) is 1.27. The number of rotatable bonds is 4. The van der Waals surface area contributed by atoms with Crippen molar-refractivity contribution in [3.8, 4) is 0 Å². The molecule has 0 fully saturated rings. The van der Waals surface area contributed by atoms with Crippen LogP contribution in [0.1, 0.15) is 11.4 Å². The summed E-state index contributed by atoms with van der Waals surface area (Å²) in [7, 11) is -3.76. The molecule has 8 heteroatoms. The van der Waals surface area contributed by atoms with Crippen LogP contribution < -0.4 is 4.72 Å². The number of aryl methyl sites for hydroxylation is 1. The van der Waals surface area contributed by atoms with Gasteiger partial charge < -0.3 is 0 Å². The third-order valence-electron chi connectivity index (χ3n) is 2.46. The van der Waals surface area contributed by atoms with Crippen LogP contribution in [0.3, 0.4) is 0 Å². The van der Waals surface area contributed by atoms with E-state index in [-0.39, 0.29) is 16.5 Å². The first-order valence-corrected chi connectivity index (χ1v) is 7.84. The van der Waals surface area contributed by atoms with Crippen LogP contribution in [0, 0.1) is 6.92 Å². The lowest BCUT2D eigenvalue weighted by Crippen LogP contribution is -2.24. The number of hydrogen-bond acceptors (Lipinski definition) is 4. The number of hydrogen-bond donors (Lipinski definition) is 1. The first-order chi connectivity index (χ1) is 9.38. The van der Waals surface area contributed by atoms with Crippen LogP contribution in [0.15, 0.2) is 35.5 Å². The predicted molar refractivity (Wildman–Crippen MR) is 77.3 cm³/mol. The van der Waals surface area contributed by atoms with Gasteiger partial charge in [0.15, 0.2) is 0 Å². The van der Waals surface area contributed by atoms with E-state index in [9.17, 15) is 8.42 Å². The smallest absolute Gasteiger partial charge is 0.242 e. The first-order valence-electron chi connectivity index (χ1n) is 5.61. The van der Waals surface area contributed by atoms with Gasteiger partial charge >= 0.3 is 0 Å². The monoisotopic (exact) mass is 331 g/mol. The van der Waals surface area contributed by atoms with Crippen molar-refractivity contribution in [3.63, 3.8) is 0 Å². The molecular formula is C12H11Cl2N3O2S. The third kappa shape index (κ3) is 3.67. The number of benzene rings is 1. The minimum Gasteiger partial charge on any atom is -0.258 e. The zero-order chi connectivity index (χ0) is 14.8. The van der Waals surface area contributed by atoms with Crippen molar-refractivity contribution in [2.45, 2.75) is 18.4 Å². The van der Waals surface area contributed by atoms with Gasteiger partial charge in [-0.25, -0.2) is 13.1 Å². The molecule has 1 N–H and O–H groups in total. The van der Waals surface area contributed by atoms with Crippen molar-refractivity contribution in [3.05, 3.63) is 52.0 Å². The molecule has 0 spiro atoms. The average Bonchev–Trinajstić information content (AvgIpc) is 2.41. The normalized spacial score (nSPS) is 11.6. The molecule has 0 saturated heterocycles. The van der Waals surface area contributed by atoms with E-state index < -0.39 is 10.0 Å². The van der Waals surface area contributed by atoms with Gasteiger partial charge in [-0.15, -0.1) is 0 Å². The highest BCUT2D eigenvalue weighted by Gasteiger charge is 2.18. The van der Waals surface area contributed by atoms with Gasteiger partial charge in [0.1, 0.15) is 4.90 Å². The van der Waals surface area contributed by atoms with Crippen LogP contribution in [-0.2, 0) is 16.6 Å². The summed E-state index contributed by atoms with van der Waals surface area (Å²) in [6.45, 7) is 1.82. The molecule has 5 nitrogen and oxygen atoms in total. The van der Waals surface area contributed by atoms with Crippen molar-refractivity contribution in [1.29, 1.82) is 0 Å². The minimum atomic E-state index is -3.76. The summed E-state index contributed by atoms with van der Waals surface area (Å²) in [5.74, 6) is 0. The van der Waals surface area contributed by atoms with Crippen LogP contribution in [0.2, 0.25) is 10.0 Å². The van der Waals surface area contributed by atoms with Crippen LogP contribution in [0.5, 0.6) is 0 Å². The van der Waals surface area contributed by atoms with E-state index >= 15 is 0 Å². The summed E-state index contributed by atoms with van der Waals surface area (Å²) < 4.78 is 26.7. The highest BCUT2D eigenvalue weighted by Crippen LogP contribution is 2.24.